The molecule has 0 radical (unpaired) electrons. The molecule has 48 heavy (non-hydrogen) atoms. The molecule has 8 aromatic rings. The summed E-state index contributed by atoms with van der Waals surface area (Å²) in [5, 5.41) is 51.5. The molecule has 3 heterocycles. The van der Waals surface area contributed by atoms with Gasteiger partial charge in [0.15, 0.2) is 0 Å². The van der Waals surface area contributed by atoms with Crippen LogP contribution in [0.1, 0.15) is 27.8 Å². The van der Waals surface area contributed by atoms with E-state index in [-0.39, 0.29) is 0 Å². The van der Waals surface area contributed by atoms with Gasteiger partial charge >= 0.3 is 0 Å². The minimum absolute atomic E-state index is 0.509. The topological polar surface area (TPSA) is 142 Å². The monoisotopic (exact) mass is 610 g/mol. The molecular weight excluding hydrogens is 592 g/mol. The normalized spacial score (nSPS) is 10.8. The summed E-state index contributed by atoms with van der Waals surface area (Å²) in [5.41, 5.74) is 8.35. The molecule has 0 atom stereocenters. The Balaban J connectivity index is 1.47. The second kappa shape index (κ2) is 10.7. The van der Waals surface area contributed by atoms with Crippen molar-refractivity contribution in [1.29, 1.82) is 26.3 Å². The summed E-state index contributed by atoms with van der Waals surface area (Å²) in [6.45, 7) is 0. The van der Waals surface area contributed by atoms with Gasteiger partial charge in [0, 0.05) is 27.1 Å². The number of fused-ring (bicyclic) bond motifs is 6. The van der Waals surface area contributed by atoms with Gasteiger partial charge in [0.2, 0.25) is 0 Å². The van der Waals surface area contributed by atoms with Gasteiger partial charge in [-0.2, -0.15) is 26.3 Å². The van der Waals surface area contributed by atoms with Crippen LogP contribution in [0, 0.1) is 56.7 Å². The van der Waals surface area contributed by atoms with Crippen molar-refractivity contribution in [3.05, 3.63) is 137 Å². The molecule has 0 aliphatic rings. The summed E-state index contributed by atoms with van der Waals surface area (Å²) in [6, 6.07) is 42.4. The van der Waals surface area contributed by atoms with Crippen LogP contribution < -0.4 is 0 Å². The zero-order valence-corrected chi connectivity index (χ0v) is 25.0. The molecule has 0 aliphatic carbocycles. The molecule has 8 nitrogen and oxygen atoms in total. The van der Waals surface area contributed by atoms with Gasteiger partial charge in [0.05, 0.1) is 92.1 Å². The van der Waals surface area contributed by atoms with Crippen molar-refractivity contribution in [3.63, 3.8) is 0 Å². The Hall–Kier alpha value is -7.70. The summed E-state index contributed by atoms with van der Waals surface area (Å²) >= 11 is 0. The second-order valence-corrected chi connectivity index (χ2v) is 11.3. The third kappa shape index (κ3) is 4.15. The lowest BCUT2D eigenvalue weighted by Crippen LogP contribution is -2.03. The predicted octanol–water partition coefficient (Wildman–Crippen LogP) is 8.30. The van der Waals surface area contributed by atoms with Gasteiger partial charge in [-0.25, -0.2) is 4.98 Å². The zero-order valence-electron chi connectivity index (χ0n) is 25.0. The van der Waals surface area contributed by atoms with Crippen molar-refractivity contribution < 1.29 is 0 Å². The summed E-state index contributed by atoms with van der Waals surface area (Å²) in [6.07, 6.45) is 1.81. The SMILES string of the molecule is N#Cc1ccc(-c2cc(-n3c4ccc(C#N)cc4c4cc(C#N)ccc43)ncc2-n2c3ccc(C#N)cc3c3cc(C#N)ccc32)cc1. The van der Waals surface area contributed by atoms with E-state index in [1.54, 1.807) is 36.4 Å². The van der Waals surface area contributed by atoms with Crippen LogP contribution in [0.4, 0.5) is 0 Å². The first-order valence-corrected chi connectivity index (χ1v) is 14.8. The predicted molar refractivity (Wildman–Crippen MR) is 182 cm³/mol. The number of hydrogen-bond donors (Lipinski definition) is 0. The second-order valence-electron chi connectivity index (χ2n) is 11.3. The summed E-state index contributed by atoms with van der Waals surface area (Å²) in [4.78, 5) is 5.02. The third-order valence-corrected chi connectivity index (χ3v) is 8.71. The number of aromatic nitrogens is 3. The van der Waals surface area contributed by atoms with Gasteiger partial charge in [-0.3, -0.25) is 4.57 Å². The standard InChI is InChI=1S/C40H18N8/c41-18-24-1-7-29(8-2-24)30-17-40(48-37-11-5-27(21-44)15-33(37)34-16-28(22-45)6-12-38(34)48)46-23-39(30)47-35-9-3-25(19-42)13-31(35)32-14-26(20-43)4-10-36(32)47/h1-17,23H. The van der Waals surface area contributed by atoms with Gasteiger partial charge in [0.1, 0.15) is 5.82 Å². The van der Waals surface area contributed by atoms with E-state index in [4.69, 9.17) is 4.98 Å². The van der Waals surface area contributed by atoms with Gasteiger partial charge in [-0.1, -0.05) is 12.1 Å². The Morgan fingerprint density at radius 2 is 0.792 bits per heavy atom. The fraction of sp³-hybridized carbons (Fsp3) is 0. The van der Waals surface area contributed by atoms with E-state index in [2.05, 4.69) is 34.9 Å². The fourth-order valence-electron chi connectivity index (χ4n) is 6.52. The fourth-order valence-corrected chi connectivity index (χ4v) is 6.52. The molecule has 0 aliphatic heterocycles. The smallest absolute Gasteiger partial charge is 0.138 e. The highest BCUT2D eigenvalue weighted by atomic mass is 15.1. The third-order valence-electron chi connectivity index (χ3n) is 8.71. The van der Waals surface area contributed by atoms with Crippen molar-refractivity contribution in [2.75, 3.05) is 0 Å². The molecule has 8 heteroatoms. The van der Waals surface area contributed by atoms with E-state index in [1.807, 2.05) is 77.5 Å². The van der Waals surface area contributed by atoms with E-state index in [0.717, 1.165) is 60.4 Å². The number of nitrogens with zero attached hydrogens (tertiary/aromatic N) is 8. The molecule has 0 unspecified atom stereocenters. The molecule has 5 aromatic carbocycles. The van der Waals surface area contributed by atoms with Crippen molar-refractivity contribution in [2.45, 2.75) is 0 Å². The highest BCUT2D eigenvalue weighted by Gasteiger charge is 2.20. The van der Waals surface area contributed by atoms with Crippen LogP contribution in [0.3, 0.4) is 0 Å². The van der Waals surface area contributed by atoms with Crippen LogP contribution in [0.2, 0.25) is 0 Å². The molecule has 3 aromatic heterocycles. The number of hydrogen-bond acceptors (Lipinski definition) is 6. The lowest BCUT2D eigenvalue weighted by molar-refractivity contribution is 1.06. The van der Waals surface area contributed by atoms with E-state index in [0.29, 0.717) is 33.6 Å². The molecule has 0 saturated heterocycles. The Morgan fingerprint density at radius 3 is 1.19 bits per heavy atom. The molecule has 0 bridgehead atoms. The van der Waals surface area contributed by atoms with Crippen LogP contribution in [-0.2, 0) is 0 Å². The maximum atomic E-state index is 9.68. The lowest BCUT2D eigenvalue weighted by Gasteiger charge is -2.16. The number of benzene rings is 5. The molecule has 8 rings (SSSR count). The average molecular weight is 611 g/mol. The maximum Gasteiger partial charge on any atom is 0.138 e. The first-order chi connectivity index (χ1) is 23.5. The van der Waals surface area contributed by atoms with Crippen LogP contribution in [0.25, 0.3) is 66.2 Å². The van der Waals surface area contributed by atoms with Gasteiger partial charge in [-0.15, -0.1) is 0 Å². The van der Waals surface area contributed by atoms with Gasteiger partial charge in [0.25, 0.3) is 0 Å². The van der Waals surface area contributed by atoms with E-state index < -0.39 is 0 Å². The molecule has 0 amide bonds. The Bertz CT molecular complexity index is 2750. The number of nitriles is 5. The minimum Gasteiger partial charge on any atom is -0.307 e. The van der Waals surface area contributed by atoms with E-state index in [1.165, 1.54) is 0 Å². The Morgan fingerprint density at radius 1 is 0.417 bits per heavy atom. The lowest BCUT2D eigenvalue weighted by atomic mass is 10.0. The van der Waals surface area contributed by atoms with E-state index in [9.17, 15) is 26.3 Å². The van der Waals surface area contributed by atoms with Crippen molar-refractivity contribution in [2.24, 2.45) is 0 Å². The summed E-state index contributed by atoms with van der Waals surface area (Å²) in [5.74, 6) is 0.617. The summed E-state index contributed by atoms with van der Waals surface area (Å²) in [7, 11) is 0. The van der Waals surface area contributed by atoms with Crippen LogP contribution in [-0.4, -0.2) is 14.1 Å². The molecule has 218 valence electrons. The highest BCUT2D eigenvalue weighted by molar-refractivity contribution is 6.11. The van der Waals surface area contributed by atoms with Gasteiger partial charge in [-0.05, 0) is 96.6 Å². The highest BCUT2D eigenvalue weighted by Crippen LogP contribution is 2.39. The number of rotatable bonds is 3. The van der Waals surface area contributed by atoms with Crippen LogP contribution >= 0.6 is 0 Å². The molecule has 0 N–H and O–H groups in total. The first kappa shape index (κ1) is 27.8. The Labute approximate surface area is 273 Å². The summed E-state index contributed by atoms with van der Waals surface area (Å²) < 4.78 is 4.11. The quantitative estimate of drug-likeness (QED) is 0.197. The molecule has 0 fully saturated rings. The zero-order chi connectivity index (χ0) is 32.9. The van der Waals surface area contributed by atoms with Crippen LogP contribution in [0.5, 0.6) is 0 Å². The van der Waals surface area contributed by atoms with Crippen molar-refractivity contribution in [1.82, 2.24) is 14.1 Å². The van der Waals surface area contributed by atoms with Crippen molar-refractivity contribution >= 4 is 43.6 Å². The average Bonchev–Trinajstić information content (AvgIpc) is 3.65. The maximum absolute atomic E-state index is 9.68. The number of pyridine rings is 1. The molecule has 0 spiro atoms. The van der Waals surface area contributed by atoms with Gasteiger partial charge < -0.3 is 4.57 Å². The Kier molecular flexibility index (Phi) is 6.22. The molecular formula is C40H18N8. The van der Waals surface area contributed by atoms with Crippen molar-refractivity contribution in [3.8, 4) is 53.0 Å². The van der Waals surface area contributed by atoms with Crippen LogP contribution in [0.15, 0.2) is 109 Å². The largest absolute Gasteiger partial charge is 0.307 e. The minimum atomic E-state index is 0.509. The first-order valence-electron chi connectivity index (χ1n) is 14.8. The van der Waals surface area contributed by atoms with E-state index >= 15 is 0 Å². The molecule has 0 saturated carbocycles.